The van der Waals surface area contributed by atoms with Crippen molar-refractivity contribution in [1.29, 1.82) is 0 Å². The zero-order valence-corrected chi connectivity index (χ0v) is 12.3. The Bertz CT molecular complexity index is 693. The number of hydrogen-bond acceptors (Lipinski definition) is 1. The second kappa shape index (κ2) is 4.95. The van der Waals surface area contributed by atoms with E-state index in [2.05, 4.69) is 25.2 Å². The molecule has 1 amide bonds. The van der Waals surface area contributed by atoms with Crippen molar-refractivity contribution in [3.8, 4) is 0 Å². The normalized spacial score (nSPS) is 17.6. The molecule has 1 aliphatic rings. The van der Waals surface area contributed by atoms with Gasteiger partial charge in [0.15, 0.2) is 0 Å². The largest absolute Gasteiger partial charge is 0.326 e. The van der Waals surface area contributed by atoms with Crippen molar-refractivity contribution in [2.75, 3.05) is 5.32 Å². The molecule has 1 heterocycles. The van der Waals surface area contributed by atoms with Crippen LogP contribution in [0, 0.1) is 13.8 Å². The molecule has 2 aromatic carbocycles. The molecular weight excluding hydrogens is 270 g/mol. The highest BCUT2D eigenvalue weighted by molar-refractivity contribution is 6.31. The maximum absolute atomic E-state index is 12.0. The van der Waals surface area contributed by atoms with Gasteiger partial charge in [-0.15, -0.1) is 0 Å². The van der Waals surface area contributed by atoms with Crippen LogP contribution in [0.2, 0.25) is 5.02 Å². The summed E-state index contributed by atoms with van der Waals surface area (Å²) < 4.78 is 0. The molecule has 2 nitrogen and oxygen atoms in total. The number of hydrogen-bond donors (Lipinski definition) is 1. The van der Waals surface area contributed by atoms with Crippen molar-refractivity contribution in [1.82, 2.24) is 0 Å². The summed E-state index contributed by atoms with van der Waals surface area (Å²) in [7, 11) is 0. The number of carbonyl (C=O) groups is 1. The van der Waals surface area contributed by atoms with Gasteiger partial charge in [-0.25, -0.2) is 0 Å². The van der Waals surface area contributed by atoms with Gasteiger partial charge in [-0.2, -0.15) is 0 Å². The zero-order chi connectivity index (χ0) is 14.3. The molecule has 0 saturated carbocycles. The van der Waals surface area contributed by atoms with Crippen molar-refractivity contribution in [3.63, 3.8) is 0 Å². The Labute approximate surface area is 123 Å². The van der Waals surface area contributed by atoms with Crippen LogP contribution in [0.5, 0.6) is 0 Å². The summed E-state index contributed by atoms with van der Waals surface area (Å²) in [5.74, 6) is 0.0809. The molecule has 20 heavy (non-hydrogen) atoms. The lowest BCUT2D eigenvalue weighted by Crippen LogP contribution is -2.24. The maximum Gasteiger partial charge on any atom is 0.225 e. The van der Waals surface area contributed by atoms with Crippen LogP contribution in [0.15, 0.2) is 36.4 Å². The van der Waals surface area contributed by atoms with Crippen LogP contribution in [0.1, 0.15) is 34.6 Å². The average molecular weight is 286 g/mol. The fourth-order valence-corrected chi connectivity index (χ4v) is 3.03. The van der Waals surface area contributed by atoms with Crippen molar-refractivity contribution in [2.24, 2.45) is 0 Å². The van der Waals surface area contributed by atoms with E-state index in [-0.39, 0.29) is 11.8 Å². The Hall–Kier alpha value is -1.80. The minimum Gasteiger partial charge on any atom is -0.326 e. The number of aryl methyl sites for hydroxylation is 2. The number of fused-ring (bicyclic) bond motifs is 1. The minimum atomic E-state index is 0.0340. The highest BCUT2D eigenvalue weighted by Crippen LogP contribution is 2.40. The van der Waals surface area contributed by atoms with Crippen molar-refractivity contribution < 1.29 is 4.79 Å². The van der Waals surface area contributed by atoms with Gasteiger partial charge < -0.3 is 5.32 Å². The standard InChI is InChI=1S/C17H16ClNO/c1-10-7-14-13(12-5-3-4-6-15(12)18)9-17(20)19-16(14)8-11(10)2/h3-8,13H,9H2,1-2H3,(H,19,20)/t13-/m0/s1. The van der Waals surface area contributed by atoms with Gasteiger partial charge in [-0.1, -0.05) is 35.9 Å². The van der Waals surface area contributed by atoms with E-state index in [1.807, 2.05) is 30.3 Å². The molecule has 1 atom stereocenters. The zero-order valence-electron chi connectivity index (χ0n) is 11.5. The fraction of sp³-hybridized carbons (Fsp3) is 0.235. The van der Waals surface area contributed by atoms with Crippen molar-refractivity contribution in [3.05, 3.63) is 63.7 Å². The summed E-state index contributed by atoms with van der Waals surface area (Å²) in [6.07, 6.45) is 0.444. The lowest BCUT2D eigenvalue weighted by molar-refractivity contribution is -0.116. The Kier molecular flexibility index (Phi) is 3.27. The monoisotopic (exact) mass is 285 g/mol. The number of rotatable bonds is 1. The first-order valence-electron chi connectivity index (χ1n) is 6.71. The smallest absolute Gasteiger partial charge is 0.225 e. The van der Waals surface area contributed by atoms with Crippen LogP contribution in [0.3, 0.4) is 0 Å². The van der Waals surface area contributed by atoms with Crippen LogP contribution >= 0.6 is 11.6 Å². The Morgan fingerprint density at radius 1 is 1.10 bits per heavy atom. The van der Waals surface area contributed by atoms with E-state index in [9.17, 15) is 4.79 Å². The summed E-state index contributed by atoms with van der Waals surface area (Å²) in [4.78, 5) is 12.0. The molecule has 0 aromatic heterocycles. The highest BCUT2D eigenvalue weighted by atomic mass is 35.5. The number of halogens is 1. The molecule has 0 aliphatic carbocycles. The van der Waals surface area contributed by atoms with E-state index >= 15 is 0 Å². The molecule has 0 unspecified atom stereocenters. The lowest BCUT2D eigenvalue weighted by Gasteiger charge is -2.27. The third-order valence-corrected chi connectivity index (χ3v) is 4.33. The van der Waals surface area contributed by atoms with Crippen LogP contribution in [-0.2, 0) is 4.79 Å². The van der Waals surface area contributed by atoms with Crippen LogP contribution in [0.25, 0.3) is 0 Å². The number of benzene rings is 2. The van der Waals surface area contributed by atoms with E-state index in [0.29, 0.717) is 6.42 Å². The van der Waals surface area contributed by atoms with Gasteiger partial charge in [0.1, 0.15) is 0 Å². The van der Waals surface area contributed by atoms with Crippen LogP contribution < -0.4 is 5.32 Å². The Morgan fingerprint density at radius 3 is 2.55 bits per heavy atom. The Balaban J connectivity index is 2.17. The first-order chi connectivity index (χ1) is 9.56. The van der Waals surface area contributed by atoms with Crippen molar-refractivity contribution in [2.45, 2.75) is 26.2 Å². The molecule has 0 radical (unpaired) electrons. The number of amides is 1. The second-order valence-electron chi connectivity index (χ2n) is 5.35. The molecule has 0 saturated heterocycles. The molecular formula is C17H16ClNO. The second-order valence-corrected chi connectivity index (χ2v) is 5.76. The van der Waals surface area contributed by atoms with E-state index < -0.39 is 0 Å². The van der Waals surface area contributed by atoms with E-state index in [0.717, 1.165) is 21.8 Å². The summed E-state index contributed by atoms with van der Waals surface area (Å²) >= 11 is 6.31. The number of carbonyl (C=O) groups excluding carboxylic acids is 1. The molecule has 0 fully saturated rings. The average Bonchev–Trinajstić information content (AvgIpc) is 2.41. The number of nitrogens with one attached hydrogen (secondary N) is 1. The molecule has 1 N–H and O–H groups in total. The van der Waals surface area contributed by atoms with E-state index in [1.165, 1.54) is 11.1 Å². The van der Waals surface area contributed by atoms with Gasteiger partial charge in [0, 0.05) is 23.0 Å². The first-order valence-corrected chi connectivity index (χ1v) is 7.09. The Morgan fingerprint density at radius 2 is 1.80 bits per heavy atom. The first kappa shape index (κ1) is 13.2. The molecule has 3 rings (SSSR count). The topological polar surface area (TPSA) is 29.1 Å². The van der Waals surface area contributed by atoms with E-state index in [1.54, 1.807) is 0 Å². The maximum atomic E-state index is 12.0. The van der Waals surface area contributed by atoms with Crippen LogP contribution in [-0.4, -0.2) is 5.91 Å². The molecule has 1 aliphatic heterocycles. The SMILES string of the molecule is Cc1cc2c(cc1C)[C@H](c1ccccc1Cl)CC(=O)N2. The third-order valence-electron chi connectivity index (χ3n) is 3.99. The quantitative estimate of drug-likeness (QED) is 0.825. The van der Waals surface area contributed by atoms with Gasteiger partial charge in [0.2, 0.25) is 5.91 Å². The molecule has 0 bridgehead atoms. The summed E-state index contributed by atoms with van der Waals surface area (Å²) in [6.45, 7) is 4.15. The molecule has 102 valence electrons. The third kappa shape index (κ3) is 2.20. The highest BCUT2D eigenvalue weighted by Gasteiger charge is 2.28. The molecule has 3 heteroatoms. The predicted molar refractivity (Wildman–Crippen MR) is 82.5 cm³/mol. The van der Waals surface area contributed by atoms with Gasteiger partial charge in [0.25, 0.3) is 0 Å². The lowest BCUT2D eigenvalue weighted by atomic mass is 9.83. The van der Waals surface area contributed by atoms with Crippen LogP contribution in [0.4, 0.5) is 5.69 Å². The van der Waals surface area contributed by atoms with E-state index in [4.69, 9.17) is 11.6 Å². The van der Waals surface area contributed by atoms with Gasteiger partial charge in [0.05, 0.1) is 0 Å². The summed E-state index contributed by atoms with van der Waals surface area (Å²) in [5, 5.41) is 3.68. The van der Waals surface area contributed by atoms with Crippen molar-refractivity contribution >= 4 is 23.2 Å². The predicted octanol–water partition coefficient (Wildman–Crippen LogP) is 4.43. The molecule has 0 spiro atoms. The fourth-order valence-electron chi connectivity index (χ4n) is 2.77. The summed E-state index contributed by atoms with van der Waals surface area (Å²) in [6, 6.07) is 12.0. The molecule has 2 aromatic rings. The summed E-state index contributed by atoms with van der Waals surface area (Å²) in [5.41, 5.74) is 5.50. The van der Waals surface area contributed by atoms with Gasteiger partial charge >= 0.3 is 0 Å². The number of anilines is 1. The van der Waals surface area contributed by atoms with Gasteiger partial charge in [-0.3, -0.25) is 4.79 Å². The minimum absolute atomic E-state index is 0.0340. The van der Waals surface area contributed by atoms with Gasteiger partial charge in [-0.05, 0) is 48.2 Å².